The van der Waals surface area contributed by atoms with Gasteiger partial charge in [-0.05, 0) is 12.5 Å². The zero-order valence-electron chi connectivity index (χ0n) is 14.2. The molecule has 1 aliphatic rings. The molecule has 0 spiro atoms. The van der Waals surface area contributed by atoms with Gasteiger partial charge in [-0.2, -0.15) is 0 Å². The third-order valence-electron chi connectivity index (χ3n) is 3.98. The molecule has 132 valence electrons. The zero-order valence-corrected chi connectivity index (χ0v) is 14.2. The minimum atomic E-state index is -0.995. The molecule has 0 aliphatic carbocycles. The number of aliphatic hydroxyl groups excluding tert-OH is 1. The van der Waals surface area contributed by atoms with Crippen molar-refractivity contribution < 1.29 is 28.8 Å². The van der Waals surface area contributed by atoms with Crippen molar-refractivity contribution in [2.24, 2.45) is 10.8 Å². The SMILES string of the molecule is C=CC(=O)OCC(C)(C)C1OCC(CC)(COC(O)C=C)CO1. The molecule has 1 N–H and O–H groups in total. The molecule has 0 saturated carbocycles. The Morgan fingerprint density at radius 1 is 1.43 bits per heavy atom. The largest absolute Gasteiger partial charge is 0.462 e. The summed E-state index contributed by atoms with van der Waals surface area (Å²) in [5, 5.41) is 9.45. The molecular formula is C17H28O6. The van der Waals surface area contributed by atoms with Crippen LogP contribution in [0.15, 0.2) is 25.3 Å². The molecular weight excluding hydrogens is 300 g/mol. The van der Waals surface area contributed by atoms with E-state index in [1.807, 2.05) is 20.8 Å². The Hall–Kier alpha value is -1.21. The van der Waals surface area contributed by atoms with Gasteiger partial charge >= 0.3 is 5.97 Å². The smallest absolute Gasteiger partial charge is 0.330 e. The van der Waals surface area contributed by atoms with Crippen LogP contribution >= 0.6 is 0 Å². The third kappa shape index (κ3) is 5.73. The van der Waals surface area contributed by atoms with Crippen LogP contribution in [-0.2, 0) is 23.7 Å². The van der Waals surface area contributed by atoms with Gasteiger partial charge in [-0.15, -0.1) is 0 Å². The predicted molar refractivity (Wildman–Crippen MR) is 85.5 cm³/mol. The highest BCUT2D eigenvalue weighted by Crippen LogP contribution is 2.35. The van der Waals surface area contributed by atoms with Gasteiger partial charge in [-0.3, -0.25) is 0 Å². The lowest BCUT2D eigenvalue weighted by Gasteiger charge is -2.44. The average Bonchev–Trinajstić information content (AvgIpc) is 2.57. The molecule has 0 aromatic heterocycles. The van der Waals surface area contributed by atoms with E-state index in [1.165, 1.54) is 6.08 Å². The van der Waals surface area contributed by atoms with Crippen LogP contribution in [0.3, 0.4) is 0 Å². The van der Waals surface area contributed by atoms with Gasteiger partial charge in [-0.25, -0.2) is 4.79 Å². The highest BCUT2D eigenvalue weighted by molar-refractivity contribution is 5.81. The number of rotatable bonds is 9. The maximum Gasteiger partial charge on any atom is 0.330 e. The van der Waals surface area contributed by atoms with Crippen molar-refractivity contribution in [3.63, 3.8) is 0 Å². The molecule has 1 rings (SSSR count). The Kier molecular flexibility index (Phi) is 7.41. The van der Waals surface area contributed by atoms with E-state index in [4.69, 9.17) is 18.9 Å². The van der Waals surface area contributed by atoms with Crippen molar-refractivity contribution in [1.29, 1.82) is 0 Å². The maximum absolute atomic E-state index is 11.2. The number of ether oxygens (including phenoxy) is 4. The summed E-state index contributed by atoms with van der Waals surface area (Å²) in [6, 6.07) is 0. The molecule has 0 bridgehead atoms. The summed E-state index contributed by atoms with van der Waals surface area (Å²) in [5.41, 5.74) is -0.797. The summed E-state index contributed by atoms with van der Waals surface area (Å²) in [4.78, 5) is 11.2. The fraction of sp³-hybridized carbons (Fsp3) is 0.706. The van der Waals surface area contributed by atoms with Gasteiger partial charge in [0.2, 0.25) is 0 Å². The van der Waals surface area contributed by atoms with Crippen molar-refractivity contribution in [3.05, 3.63) is 25.3 Å². The Bertz CT molecular complexity index is 409. The van der Waals surface area contributed by atoms with Gasteiger partial charge in [0, 0.05) is 16.9 Å². The maximum atomic E-state index is 11.2. The molecule has 1 atom stereocenters. The van der Waals surface area contributed by atoms with E-state index in [-0.39, 0.29) is 12.0 Å². The average molecular weight is 328 g/mol. The first-order valence-corrected chi connectivity index (χ1v) is 7.73. The summed E-state index contributed by atoms with van der Waals surface area (Å²) in [6.07, 6.45) is 1.77. The second-order valence-electron chi connectivity index (χ2n) is 6.55. The highest BCUT2D eigenvalue weighted by Gasteiger charge is 2.42. The van der Waals surface area contributed by atoms with E-state index < -0.39 is 24.0 Å². The first kappa shape index (κ1) is 19.8. The van der Waals surface area contributed by atoms with Crippen molar-refractivity contribution in [3.8, 4) is 0 Å². The summed E-state index contributed by atoms with van der Waals surface area (Å²) in [7, 11) is 0. The monoisotopic (exact) mass is 328 g/mol. The molecule has 1 unspecified atom stereocenters. The second kappa shape index (κ2) is 8.59. The number of carbonyl (C=O) groups excluding carboxylic acids is 1. The molecule has 0 aromatic rings. The van der Waals surface area contributed by atoms with Crippen molar-refractivity contribution in [2.45, 2.75) is 39.8 Å². The van der Waals surface area contributed by atoms with Gasteiger partial charge in [-0.1, -0.05) is 33.9 Å². The number of esters is 1. The van der Waals surface area contributed by atoms with Crippen LogP contribution in [0.1, 0.15) is 27.2 Å². The number of hydrogen-bond donors (Lipinski definition) is 1. The van der Waals surface area contributed by atoms with Crippen LogP contribution in [0, 0.1) is 10.8 Å². The highest BCUT2D eigenvalue weighted by atomic mass is 16.7. The number of hydrogen-bond acceptors (Lipinski definition) is 6. The quantitative estimate of drug-likeness (QED) is 0.302. The van der Waals surface area contributed by atoms with Crippen LogP contribution in [0.4, 0.5) is 0 Å². The van der Waals surface area contributed by atoms with Gasteiger partial charge in [0.15, 0.2) is 12.6 Å². The molecule has 23 heavy (non-hydrogen) atoms. The van der Waals surface area contributed by atoms with Crippen LogP contribution in [0.25, 0.3) is 0 Å². The molecule has 0 amide bonds. The minimum absolute atomic E-state index is 0.174. The molecule has 0 radical (unpaired) electrons. The fourth-order valence-corrected chi connectivity index (χ4v) is 2.15. The molecule has 1 fully saturated rings. The van der Waals surface area contributed by atoms with Gasteiger partial charge in [0.05, 0.1) is 19.8 Å². The predicted octanol–water partition coefficient (Wildman–Crippen LogP) is 2.03. The van der Waals surface area contributed by atoms with E-state index in [1.54, 1.807) is 0 Å². The van der Waals surface area contributed by atoms with Crippen LogP contribution in [0.2, 0.25) is 0 Å². The Balaban J connectivity index is 2.55. The summed E-state index contributed by atoms with van der Waals surface area (Å²) in [6.45, 7) is 14.0. The molecule has 1 heterocycles. The fourth-order valence-electron chi connectivity index (χ4n) is 2.15. The molecule has 6 nitrogen and oxygen atoms in total. The summed E-state index contributed by atoms with van der Waals surface area (Å²) in [5.74, 6) is -0.469. The topological polar surface area (TPSA) is 74.2 Å². The van der Waals surface area contributed by atoms with E-state index in [0.29, 0.717) is 19.8 Å². The van der Waals surface area contributed by atoms with Gasteiger partial charge in [0.1, 0.15) is 6.61 Å². The lowest BCUT2D eigenvalue weighted by molar-refractivity contribution is -0.285. The van der Waals surface area contributed by atoms with Gasteiger partial charge < -0.3 is 24.1 Å². The standard InChI is InChI=1S/C17H28O6/c1-6-13(18)20-9-16(4,5)15-22-11-17(8-3,12-23-15)10-21-14(19)7-2/h6-7,14-15,19H,1-2,8-12H2,3-5H3. The number of carbonyl (C=O) groups is 1. The molecule has 1 aliphatic heterocycles. The second-order valence-corrected chi connectivity index (χ2v) is 6.55. The summed E-state index contributed by atoms with van der Waals surface area (Å²) < 4.78 is 22.1. The van der Waals surface area contributed by atoms with E-state index in [0.717, 1.165) is 12.5 Å². The summed E-state index contributed by atoms with van der Waals surface area (Å²) >= 11 is 0. The molecule has 1 saturated heterocycles. The Morgan fingerprint density at radius 2 is 2.04 bits per heavy atom. The molecule has 6 heteroatoms. The van der Waals surface area contributed by atoms with Crippen LogP contribution < -0.4 is 0 Å². The van der Waals surface area contributed by atoms with Crippen molar-refractivity contribution >= 4 is 5.97 Å². The Labute approximate surface area is 138 Å². The first-order chi connectivity index (χ1) is 10.8. The third-order valence-corrected chi connectivity index (χ3v) is 3.98. The van der Waals surface area contributed by atoms with E-state index in [9.17, 15) is 9.90 Å². The van der Waals surface area contributed by atoms with Crippen LogP contribution in [0.5, 0.6) is 0 Å². The first-order valence-electron chi connectivity index (χ1n) is 7.73. The Morgan fingerprint density at radius 3 is 2.52 bits per heavy atom. The van der Waals surface area contributed by atoms with E-state index in [2.05, 4.69) is 13.2 Å². The minimum Gasteiger partial charge on any atom is -0.462 e. The van der Waals surface area contributed by atoms with E-state index >= 15 is 0 Å². The lowest BCUT2D eigenvalue weighted by atomic mass is 9.85. The lowest BCUT2D eigenvalue weighted by Crippen LogP contribution is -2.50. The van der Waals surface area contributed by atoms with Gasteiger partial charge in [0.25, 0.3) is 0 Å². The zero-order chi connectivity index (χ0) is 17.5. The normalized spacial score (nSPS) is 26.3. The van der Waals surface area contributed by atoms with Crippen molar-refractivity contribution in [2.75, 3.05) is 26.4 Å². The van der Waals surface area contributed by atoms with Crippen LogP contribution in [-0.4, -0.2) is 50.1 Å². The molecule has 0 aromatic carbocycles. The number of aliphatic hydroxyl groups is 1. The van der Waals surface area contributed by atoms with Crippen molar-refractivity contribution in [1.82, 2.24) is 0 Å².